The zero-order valence-electron chi connectivity index (χ0n) is 12.7. The van der Waals surface area contributed by atoms with Crippen LogP contribution < -0.4 is 0 Å². The van der Waals surface area contributed by atoms with Crippen LogP contribution in [-0.2, 0) is 11.3 Å². The highest BCUT2D eigenvalue weighted by molar-refractivity contribution is 7.13. The highest BCUT2D eigenvalue weighted by Gasteiger charge is 2.14. The fourth-order valence-corrected chi connectivity index (χ4v) is 3.03. The van der Waals surface area contributed by atoms with Crippen LogP contribution in [0.15, 0.2) is 53.9 Å². The molecule has 1 aromatic heterocycles. The first-order valence-electron chi connectivity index (χ1n) is 7.15. The van der Waals surface area contributed by atoms with Crippen LogP contribution in [0.25, 0.3) is 10.6 Å². The molecule has 25 heavy (non-hydrogen) atoms. The van der Waals surface area contributed by atoms with Crippen LogP contribution in [0.5, 0.6) is 0 Å². The average Bonchev–Trinajstić information content (AvgIpc) is 3.10. The molecule has 8 heteroatoms. The second kappa shape index (κ2) is 7.42. The first-order valence-corrected chi connectivity index (χ1v) is 8.40. The summed E-state index contributed by atoms with van der Waals surface area (Å²) in [5, 5.41) is 13.5. The van der Waals surface area contributed by atoms with Crippen molar-refractivity contribution in [3.05, 3.63) is 80.3 Å². The Kier molecular flexibility index (Phi) is 5.06. The maximum atomic E-state index is 12.1. The monoisotopic (exact) mass is 374 g/mol. The van der Waals surface area contributed by atoms with Gasteiger partial charge in [-0.2, -0.15) is 0 Å². The van der Waals surface area contributed by atoms with Gasteiger partial charge in [-0.05, 0) is 29.8 Å². The van der Waals surface area contributed by atoms with Crippen LogP contribution in [0.1, 0.15) is 16.1 Å². The third-order valence-electron chi connectivity index (χ3n) is 3.30. The van der Waals surface area contributed by atoms with Crippen LogP contribution >= 0.6 is 22.9 Å². The molecule has 0 saturated carbocycles. The second-order valence-electron chi connectivity index (χ2n) is 5.05. The van der Waals surface area contributed by atoms with E-state index in [-0.39, 0.29) is 18.0 Å². The summed E-state index contributed by atoms with van der Waals surface area (Å²) in [6.07, 6.45) is 0. The number of ether oxygens (including phenoxy) is 1. The van der Waals surface area contributed by atoms with Crippen molar-refractivity contribution in [2.75, 3.05) is 0 Å². The molecule has 126 valence electrons. The SMILES string of the molecule is O=C(OCc1ccc([N+](=O)[O-])cc1)c1csc(-c2cccc(Cl)c2)n1. The Morgan fingerprint density at radius 3 is 2.68 bits per heavy atom. The Balaban J connectivity index is 1.65. The van der Waals surface area contributed by atoms with Gasteiger partial charge in [-0.25, -0.2) is 9.78 Å². The second-order valence-corrected chi connectivity index (χ2v) is 6.34. The number of halogens is 1. The summed E-state index contributed by atoms with van der Waals surface area (Å²) in [6.45, 7) is 0.0147. The minimum Gasteiger partial charge on any atom is -0.456 e. The highest BCUT2D eigenvalue weighted by atomic mass is 35.5. The van der Waals surface area contributed by atoms with Crippen molar-refractivity contribution in [2.45, 2.75) is 6.61 Å². The van der Waals surface area contributed by atoms with Gasteiger partial charge < -0.3 is 4.74 Å². The van der Waals surface area contributed by atoms with Crippen molar-refractivity contribution in [3.63, 3.8) is 0 Å². The first-order chi connectivity index (χ1) is 12.0. The molecule has 0 unspecified atom stereocenters. The van der Waals surface area contributed by atoms with Gasteiger partial charge in [-0.1, -0.05) is 23.7 Å². The molecule has 0 fully saturated rings. The van der Waals surface area contributed by atoms with Crippen LogP contribution in [-0.4, -0.2) is 15.9 Å². The number of hydrogen-bond donors (Lipinski definition) is 0. The van der Waals surface area contributed by atoms with Gasteiger partial charge in [0, 0.05) is 28.1 Å². The standard InChI is InChI=1S/C17H11ClN2O4S/c18-13-3-1-2-12(8-13)16-19-15(10-25-16)17(21)24-9-11-4-6-14(7-5-11)20(22)23/h1-8,10H,9H2. The zero-order chi connectivity index (χ0) is 17.8. The minimum absolute atomic E-state index is 0.0132. The summed E-state index contributed by atoms with van der Waals surface area (Å²) in [4.78, 5) is 26.5. The molecular formula is C17H11ClN2O4S. The highest BCUT2D eigenvalue weighted by Crippen LogP contribution is 2.26. The molecule has 0 aliphatic rings. The maximum Gasteiger partial charge on any atom is 0.358 e. The van der Waals surface area contributed by atoms with Crippen molar-refractivity contribution >= 4 is 34.6 Å². The lowest BCUT2D eigenvalue weighted by Crippen LogP contribution is -2.05. The number of carbonyl (C=O) groups excluding carboxylic acids is 1. The Labute approximate surface area is 151 Å². The number of carbonyl (C=O) groups is 1. The molecule has 3 aromatic rings. The third-order valence-corrected chi connectivity index (χ3v) is 4.43. The Hall–Kier alpha value is -2.77. The van der Waals surface area contributed by atoms with E-state index in [1.165, 1.54) is 23.5 Å². The molecule has 0 radical (unpaired) electrons. The number of thiazole rings is 1. The summed E-state index contributed by atoms with van der Waals surface area (Å²) >= 11 is 7.28. The molecule has 3 rings (SSSR count). The van der Waals surface area contributed by atoms with Crippen molar-refractivity contribution in [1.82, 2.24) is 4.98 Å². The van der Waals surface area contributed by atoms with E-state index in [2.05, 4.69) is 4.98 Å². The number of rotatable bonds is 5. The maximum absolute atomic E-state index is 12.1. The van der Waals surface area contributed by atoms with Gasteiger partial charge in [0.15, 0.2) is 5.69 Å². The van der Waals surface area contributed by atoms with Gasteiger partial charge in [0.25, 0.3) is 5.69 Å². The molecule has 6 nitrogen and oxygen atoms in total. The van der Waals surface area contributed by atoms with E-state index >= 15 is 0 Å². The molecule has 0 N–H and O–H groups in total. The van der Waals surface area contributed by atoms with Gasteiger partial charge in [-0.15, -0.1) is 11.3 Å². The van der Waals surface area contributed by atoms with Crippen LogP contribution in [0.3, 0.4) is 0 Å². The Morgan fingerprint density at radius 2 is 2.00 bits per heavy atom. The average molecular weight is 375 g/mol. The van der Waals surface area contributed by atoms with E-state index in [9.17, 15) is 14.9 Å². The van der Waals surface area contributed by atoms with E-state index in [0.717, 1.165) is 5.56 Å². The molecule has 0 atom stereocenters. The van der Waals surface area contributed by atoms with E-state index < -0.39 is 10.9 Å². The topological polar surface area (TPSA) is 82.3 Å². The number of nitrogens with zero attached hydrogens (tertiary/aromatic N) is 2. The fraction of sp³-hybridized carbons (Fsp3) is 0.0588. The predicted octanol–water partition coefficient (Wildman–Crippen LogP) is 4.73. The van der Waals surface area contributed by atoms with E-state index in [0.29, 0.717) is 15.6 Å². The van der Waals surface area contributed by atoms with Crippen LogP contribution in [0.2, 0.25) is 5.02 Å². The lowest BCUT2D eigenvalue weighted by molar-refractivity contribution is -0.384. The summed E-state index contributed by atoms with van der Waals surface area (Å²) in [7, 11) is 0. The number of nitro groups is 1. The molecule has 0 spiro atoms. The molecule has 0 saturated heterocycles. The molecule has 0 bridgehead atoms. The van der Waals surface area contributed by atoms with Gasteiger partial charge in [0.1, 0.15) is 11.6 Å². The number of non-ortho nitro benzene ring substituents is 1. The van der Waals surface area contributed by atoms with E-state index in [4.69, 9.17) is 16.3 Å². The molecule has 0 aliphatic heterocycles. The van der Waals surface area contributed by atoms with Crippen molar-refractivity contribution in [1.29, 1.82) is 0 Å². The van der Waals surface area contributed by atoms with Crippen LogP contribution in [0.4, 0.5) is 5.69 Å². The van der Waals surface area contributed by atoms with E-state index in [1.807, 2.05) is 12.1 Å². The summed E-state index contributed by atoms with van der Waals surface area (Å²) in [6, 6.07) is 13.0. The van der Waals surface area contributed by atoms with Crippen molar-refractivity contribution < 1.29 is 14.5 Å². The molecular weight excluding hydrogens is 364 g/mol. The molecule has 0 aliphatic carbocycles. The Morgan fingerprint density at radius 1 is 1.24 bits per heavy atom. The lowest BCUT2D eigenvalue weighted by Gasteiger charge is -2.03. The smallest absolute Gasteiger partial charge is 0.358 e. The van der Waals surface area contributed by atoms with Gasteiger partial charge in [0.05, 0.1) is 4.92 Å². The molecule has 0 amide bonds. The quantitative estimate of drug-likeness (QED) is 0.366. The molecule has 1 heterocycles. The predicted molar refractivity (Wildman–Crippen MR) is 94.8 cm³/mol. The Bertz CT molecular complexity index is 924. The number of nitro benzene ring substituents is 1. The third kappa shape index (κ3) is 4.20. The van der Waals surface area contributed by atoms with Gasteiger partial charge >= 0.3 is 5.97 Å². The van der Waals surface area contributed by atoms with Gasteiger partial charge in [0.2, 0.25) is 0 Å². The minimum atomic E-state index is -0.553. The molecule has 2 aromatic carbocycles. The fourth-order valence-electron chi connectivity index (χ4n) is 2.06. The van der Waals surface area contributed by atoms with Crippen molar-refractivity contribution in [3.8, 4) is 10.6 Å². The van der Waals surface area contributed by atoms with Crippen molar-refractivity contribution in [2.24, 2.45) is 0 Å². The van der Waals surface area contributed by atoms with Crippen LogP contribution in [0, 0.1) is 10.1 Å². The van der Waals surface area contributed by atoms with E-state index in [1.54, 1.807) is 29.6 Å². The lowest BCUT2D eigenvalue weighted by atomic mass is 10.2. The normalized spacial score (nSPS) is 10.4. The summed E-state index contributed by atoms with van der Waals surface area (Å²) in [5.41, 5.74) is 1.68. The summed E-state index contributed by atoms with van der Waals surface area (Å²) in [5.74, 6) is -0.553. The number of aromatic nitrogens is 1. The summed E-state index contributed by atoms with van der Waals surface area (Å²) < 4.78 is 5.20. The zero-order valence-corrected chi connectivity index (χ0v) is 14.3. The number of benzene rings is 2. The number of esters is 1. The largest absolute Gasteiger partial charge is 0.456 e. The number of hydrogen-bond acceptors (Lipinski definition) is 6. The first kappa shape index (κ1) is 17.1. The van der Waals surface area contributed by atoms with Gasteiger partial charge in [-0.3, -0.25) is 10.1 Å².